The fourth-order valence-corrected chi connectivity index (χ4v) is 2.62. The molecule has 0 amide bonds. The summed E-state index contributed by atoms with van der Waals surface area (Å²) in [5.41, 5.74) is 0.633. The smallest absolute Gasteiger partial charge is 0.149 e. The zero-order chi connectivity index (χ0) is 14.2. The van der Waals surface area contributed by atoms with Gasteiger partial charge in [0.05, 0.1) is 10.0 Å². The molecule has 100 valence electrons. The van der Waals surface area contributed by atoms with Gasteiger partial charge < -0.3 is 5.11 Å². The topological polar surface area (TPSA) is 20.2 Å². The van der Waals surface area contributed by atoms with Crippen LogP contribution in [0.2, 0.25) is 10.0 Å². The molecule has 1 atom stereocenters. The second kappa shape index (κ2) is 6.26. The Kier molecular flexibility index (Phi) is 5.11. The van der Waals surface area contributed by atoms with Crippen LogP contribution in [0.3, 0.4) is 0 Å². The molecule has 0 heterocycles. The monoisotopic (exact) mass is 474 g/mol. The standard InChI is InChI=1S/C13H7BrCl2FIO/c14-8-3-2-7(12(17)11(8)16)13(19)6-1-4-10(18)9(15)5-6/h1-5,13,19H. The Morgan fingerprint density at radius 1 is 1.21 bits per heavy atom. The Morgan fingerprint density at radius 3 is 2.53 bits per heavy atom. The lowest BCUT2D eigenvalue weighted by Crippen LogP contribution is -2.03. The lowest BCUT2D eigenvalue weighted by Gasteiger charge is -2.14. The van der Waals surface area contributed by atoms with Gasteiger partial charge in [-0.1, -0.05) is 35.3 Å². The highest BCUT2D eigenvalue weighted by atomic mass is 127. The zero-order valence-corrected chi connectivity index (χ0v) is 14.6. The third-order valence-electron chi connectivity index (χ3n) is 2.62. The van der Waals surface area contributed by atoms with Crippen LogP contribution in [0, 0.1) is 9.39 Å². The Bertz CT molecular complexity index is 636. The molecule has 0 bridgehead atoms. The van der Waals surface area contributed by atoms with Crippen molar-refractivity contribution in [3.63, 3.8) is 0 Å². The normalized spacial score (nSPS) is 12.5. The third kappa shape index (κ3) is 3.24. The molecule has 19 heavy (non-hydrogen) atoms. The SMILES string of the molecule is OC(c1ccc(I)c(Cl)c1)c1ccc(Br)c(Cl)c1F. The molecule has 0 aromatic heterocycles. The van der Waals surface area contributed by atoms with E-state index >= 15 is 0 Å². The Balaban J connectivity index is 2.47. The lowest BCUT2D eigenvalue weighted by molar-refractivity contribution is 0.215. The molecule has 0 aliphatic heterocycles. The molecule has 0 fully saturated rings. The van der Waals surface area contributed by atoms with Crippen molar-refractivity contribution < 1.29 is 9.50 Å². The van der Waals surface area contributed by atoms with Crippen molar-refractivity contribution in [1.82, 2.24) is 0 Å². The number of benzene rings is 2. The molecular weight excluding hydrogens is 469 g/mol. The highest BCUT2D eigenvalue weighted by Crippen LogP contribution is 2.34. The minimum atomic E-state index is -1.11. The second-order valence-electron chi connectivity index (χ2n) is 3.84. The van der Waals surface area contributed by atoms with Crippen LogP contribution >= 0.6 is 61.7 Å². The minimum absolute atomic E-state index is 0.0480. The Labute approximate surface area is 142 Å². The summed E-state index contributed by atoms with van der Waals surface area (Å²) in [5, 5.41) is 10.7. The van der Waals surface area contributed by atoms with E-state index in [0.717, 1.165) is 3.57 Å². The van der Waals surface area contributed by atoms with Gasteiger partial charge in [-0.2, -0.15) is 0 Å². The van der Waals surface area contributed by atoms with Crippen LogP contribution in [0.1, 0.15) is 17.2 Å². The summed E-state index contributed by atoms with van der Waals surface area (Å²) in [6.45, 7) is 0. The molecule has 0 aliphatic carbocycles. The van der Waals surface area contributed by atoms with Gasteiger partial charge in [-0.15, -0.1) is 0 Å². The first-order valence-electron chi connectivity index (χ1n) is 5.18. The fourth-order valence-electron chi connectivity index (χ4n) is 1.61. The number of aliphatic hydroxyl groups is 1. The number of rotatable bonds is 2. The van der Waals surface area contributed by atoms with Crippen LogP contribution in [-0.4, -0.2) is 5.11 Å². The Hall–Kier alpha value is 0.120. The van der Waals surface area contributed by atoms with Gasteiger partial charge in [0, 0.05) is 13.6 Å². The van der Waals surface area contributed by atoms with Gasteiger partial charge in [-0.3, -0.25) is 0 Å². The molecule has 0 saturated heterocycles. The van der Waals surface area contributed by atoms with E-state index in [4.69, 9.17) is 23.2 Å². The van der Waals surface area contributed by atoms with Gasteiger partial charge in [0.15, 0.2) is 0 Å². The minimum Gasteiger partial charge on any atom is -0.384 e. The van der Waals surface area contributed by atoms with E-state index in [1.54, 1.807) is 24.3 Å². The van der Waals surface area contributed by atoms with Gasteiger partial charge in [0.1, 0.15) is 11.9 Å². The maximum absolute atomic E-state index is 14.0. The molecule has 2 rings (SSSR count). The van der Waals surface area contributed by atoms with Gasteiger partial charge in [-0.05, 0) is 62.3 Å². The average Bonchev–Trinajstić information content (AvgIpc) is 2.39. The molecule has 2 aromatic carbocycles. The van der Waals surface area contributed by atoms with E-state index in [9.17, 15) is 9.50 Å². The van der Waals surface area contributed by atoms with Crippen molar-refractivity contribution in [2.45, 2.75) is 6.10 Å². The summed E-state index contributed by atoms with van der Waals surface area (Å²) < 4.78 is 15.3. The van der Waals surface area contributed by atoms with Gasteiger partial charge >= 0.3 is 0 Å². The van der Waals surface area contributed by atoms with E-state index in [2.05, 4.69) is 38.5 Å². The van der Waals surface area contributed by atoms with E-state index < -0.39 is 11.9 Å². The first kappa shape index (κ1) is 15.5. The summed E-state index contributed by atoms with van der Waals surface area (Å²) in [6.07, 6.45) is -1.11. The highest BCUT2D eigenvalue weighted by Gasteiger charge is 2.19. The molecule has 0 aliphatic rings. The molecule has 1 unspecified atom stereocenters. The average molecular weight is 476 g/mol. The van der Waals surface area contributed by atoms with Crippen LogP contribution < -0.4 is 0 Å². The van der Waals surface area contributed by atoms with Crippen molar-refractivity contribution >= 4 is 61.7 Å². The summed E-state index contributed by atoms with van der Waals surface area (Å²) in [5.74, 6) is -0.641. The molecule has 0 radical (unpaired) electrons. The quantitative estimate of drug-likeness (QED) is 0.444. The van der Waals surface area contributed by atoms with E-state index in [-0.39, 0.29) is 10.6 Å². The maximum Gasteiger partial charge on any atom is 0.149 e. The van der Waals surface area contributed by atoms with Crippen molar-refractivity contribution in [3.8, 4) is 0 Å². The molecule has 6 heteroatoms. The molecule has 1 N–H and O–H groups in total. The van der Waals surface area contributed by atoms with Crippen molar-refractivity contribution in [2.75, 3.05) is 0 Å². The van der Waals surface area contributed by atoms with Crippen molar-refractivity contribution in [3.05, 3.63) is 65.4 Å². The first-order chi connectivity index (χ1) is 8.91. The Morgan fingerprint density at radius 2 is 1.89 bits per heavy atom. The summed E-state index contributed by atoms with van der Waals surface area (Å²) >= 11 is 17.0. The van der Waals surface area contributed by atoms with Crippen LogP contribution in [0.15, 0.2) is 34.8 Å². The maximum atomic E-state index is 14.0. The largest absolute Gasteiger partial charge is 0.384 e. The summed E-state index contributed by atoms with van der Waals surface area (Å²) in [6, 6.07) is 8.16. The highest BCUT2D eigenvalue weighted by molar-refractivity contribution is 14.1. The van der Waals surface area contributed by atoms with E-state index in [1.807, 2.05) is 0 Å². The fraction of sp³-hybridized carbons (Fsp3) is 0.0769. The first-order valence-corrected chi connectivity index (χ1v) is 7.81. The van der Waals surface area contributed by atoms with Crippen molar-refractivity contribution in [1.29, 1.82) is 0 Å². The van der Waals surface area contributed by atoms with Crippen LogP contribution in [-0.2, 0) is 0 Å². The van der Waals surface area contributed by atoms with Gasteiger partial charge in [0.2, 0.25) is 0 Å². The lowest BCUT2D eigenvalue weighted by atomic mass is 10.0. The molecule has 0 saturated carbocycles. The predicted octanol–water partition coefficient (Wildman–Crippen LogP) is 5.58. The summed E-state index contributed by atoms with van der Waals surface area (Å²) in [4.78, 5) is 0. The van der Waals surface area contributed by atoms with Crippen LogP contribution in [0.25, 0.3) is 0 Å². The summed E-state index contributed by atoms with van der Waals surface area (Å²) in [7, 11) is 0. The molecule has 2 aromatic rings. The predicted molar refractivity (Wildman–Crippen MR) is 87.3 cm³/mol. The van der Waals surface area contributed by atoms with Crippen LogP contribution in [0.5, 0.6) is 0 Å². The van der Waals surface area contributed by atoms with Gasteiger partial charge in [0.25, 0.3) is 0 Å². The zero-order valence-electron chi connectivity index (χ0n) is 9.30. The third-order valence-corrected chi connectivity index (χ3v) is 5.45. The molecule has 1 nitrogen and oxygen atoms in total. The van der Waals surface area contributed by atoms with E-state index in [0.29, 0.717) is 15.1 Å². The van der Waals surface area contributed by atoms with E-state index in [1.165, 1.54) is 6.07 Å². The number of hydrogen-bond acceptors (Lipinski definition) is 1. The number of aliphatic hydroxyl groups excluding tert-OH is 1. The number of halogens is 5. The molecule has 0 spiro atoms. The van der Waals surface area contributed by atoms with Crippen molar-refractivity contribution in [2.24, 2.45) is 0 Å². The second-order valence-corrected chi connectivity index (χ2v) is 6.64. The van der Waals surface area contributed by atoms with Crippen LogP contribution in [0.4, 0.5) is 4.39 Å². The molecular formula is C13H7BrCl2FIO. The number of hydrogen-bond donors (Lipinski definition) is 1. The van der Waals surface area contributed by atoms with Gasteiger partial charge in [-0.25, -0.2) is 4.39 Å².